The second-order valence-corrected chi connectivity index (χ2v) is 13.7. The highest BCUT2D eigenvalue weighted by Crippen LogP contribution is 2.31. The van der Waals surface area contributed by atoms with Gasteiger partial charge in [-0.1, -0.05) is 182 Å². The second-order valence-electron chi connectivity index (χ2n) is 13.7. The molecule has 10 aromatic rings. The van der Waals surface area contributed by atoms with E-state index in [4.69, 9.17) is 8.83 Å². The van der Waals surface area contributed by atoms with E-state index in [0.717, 1.165) is 39.1 Å². The predicted octanol–water partition coefficient (Wildman–Crippen LogP) is 14.1. The van der Waals surface area contributed by atoms with E-state index in [1.165, 1.54) is 33.4 Å². The zero-order chi connectivity index (χ0) is 38.9. The molecule has 10 rings (SSSR count). The maximum absolute atomic E-state index is 6.04. The largest absolute Gasteiger partial charge is 0.436 e. The molecule has 0 fully saturated rings. The lowest BCUT2D eigenvalue weighted by Crippen LogP contribution is -1.80. The molecule has 0 atom stereocenters. The van der Waals surface area contributed by atoms with Gasteiger partial charge < -0.3 is 8.83 Å². The third-order valence-electron chi connectivity index (χ3n) is 9.92. The van der Waals surface area contributed by atoms with Crippen LogP contribution in [0.1, 0.15) is 0 Å². The molecule has 0 aliphatic carbocycles. The predicted molar refractivity (Wildman–Crippen MR) is 234 cm³/mol. The fraction of sp³-hybridized carbons (Fsp3) is 0. The van der Waals surface area contributed by atoms with Crippen LogP contribution in [0.4, 0.5) is 0 Å². The van der Waals surface area contributed by atoms with E-state index in [-0.39, 0.29) is 0 Å². The second kappa shape index (κ2) is 16.9. The summed E-state index contributed by atoms with van der Waals surface area (Å²) in [5.41, 5.74) is 13.3. The highest BCUT2D eigenvalue weighted by molar-refractivity contribution is 5.72. The fourth-order valence-electron chi connectivity index (χ4n) is 6.76. The number of aromatic nitrogens is 3. The molecule has 0 spiro atoms. The Hall–Kier alpha value is -7.89. The van der Waals surface area contributed by atoms with Gasteiger partial charge in [-0.2, -0.15) is 0 Å². The number of hydrogen-bond acceptors (Lipinski definition) is 5. The summed E-state index contributed by atoms with van der Waals surface area (Å²) in [6.45, 7) is 0. The summed E-state index contributed by atoms with van der Waals surface area (Å²) in [4.78, 5) is 4.48. The molecule has 0 saturated heterocycles. The molecule has 0 N–H and O–H groups in total. The molecule has 0 aliphatic rings. The lowest BCUT2D eigenvalue weighted by atomic mass is 10.0. The molecule has 58 heavy (non-hydrogen) atoms. The van der Waals surface area contributed by atoms with E-state index >= 15 is 0 Å². The lowest BCUT2D eigenvalue weighted by molar-refractivity contribution is 0.584. The van der Waals surface area contributed by atoms with Gasteiger partial charge in [-0.05, 0) is 80.9 Å². The Bertz CT molecular complexity index is 2420. The van der Waals surface area contributed by atoms with Gasteiger partial charge >= 0.3 is 0 Å². The van der Waals surface area contributed by atoms with Crippen LogP contribution in [0.3, 0.4) is 0 Å². The first-order valence-electron chi connectivity index (χ1n) is 19.2. The van der Waals surface area contributed by atoms with E-state index < -0.39 is 0 Å². The van der Waals surface area contributed by atoms with Gasteiger partial charge in [-0.3, -0.25) is 0 Å². The number of nitrogens with zero attached hydrogens (tertiary/aromatic N) is 3. The van der Waals surface area contributed by atoms with Crippen molar-refractivity contribution in [3.05, 3.63) is 225 Å². The van der Waals surface area contributed by atoms with E-state index in [2.05, 4.69) is 149 Å². The first-order chi connectivity index (χ1) is 28.7. The van der Waals surface area contributed by atoms with Crippen molar-refractivity contribution >= 4 is 0 Å². The third-order valence-corrected chi connectivity index (χ3v) is 9.92. The average molecular weight is 748 g/mol. The first-order valence-corrected chi connectivity index (χ1v) is 19.2. The quantitative estimate of drug-likeness (QED) is 0.155. The summed E-state index contributed by atoms with van der Waals surface area (Å²) in [6, 6.07) is 74.3. The Labute approximate surface area is 337 Å². The van der Waals surface area contributed by atoms with Gasteiger partial charge in [0.25, 0.3) is 0 Å². The van der Waals surface area contributed by atoms with Crippen LogP contribution >= 0.6 is 0 Å². The molecular weight excluding hydrogens is 711 g/mol. The number of oxazole rings is 1. The Kier molecular flexibility index (Phi) is 10.4. The zero-order valence-electron chi connectivity index (χ0n) is 31.5. The highest BCUT2D eigenvalue weighted by Gasteiger charge is 2.12. The van der Waals surface area contributed by atoms with Gasteiger partial charge in [0, 0.05) is 22.3 Å². The highest BCUT2D eigenvalue weighted by atomic mass is 16.4. The van der Waals surface area contributed by atoms with Crippen molar-refractivity contribution in [2.45, 2.75) is 0 Å². The van der Waals surface area contributed by atoms with Crippen LogP contribution in [0.15, 0.2) is 233 Å². The maximum Gasteiger partial charge on any atom is 0.248 e. The van der Waals surface area contributed by atoms with Gasteiger partial charge in [0.1, 0.15) is 0 Å². The van der Waals surface area contributed by atoms with E-state index in [1.54, 1.807) is 6.20 Å². The van der Waals surface area contributed by atoms with Crippen molar-refractivity contribution in [1.82, 2.24) is 15.2 Å². The monoisotopic (exact) mass is 747 g/mol. The number of hydrogen-bond donors (Lipinski definition) is 0. The maximum atomic E-state index is 6.04. The molecule has 0 radical (unpaired) electrons. The molecule has 5 nitrogen and oxygen atoms in total. The van der Waals surface area contributed by atoms with Crippen LogP contribution < -0.4 is 0 Å². The summed E-state index contributed by atoms with van der Waals surface area (Å²) in [6.07, 6.45) is 1.79. The molecule has 0 bridgehead atoms. The van der Waals surface area contributed by atoms with E-state index in [0.29, 0.717) is 17.7 Å². The molecule has 2 aromatic heterocycles. The lowest BCUT2D eigenvalue weighted by Gasteiger charge is -2.03. The summed E-state index contributed by atoms with van der Waals surface area (Å²) in [5, 5.41) is 8.46. The Balaban J connectivity index is 0.000000150. The summed E-state index contributed by atoms with van der Waals surface area (Å²) in [5.74, 6) is 2.44. The van der Waals surface area contributed by atoms with Crippen LogP contribution in [-0.4, -0.2) is 15.2 Å². The van der Waals surface area contributed by atoms with Gasteiger partial charge in [-0.15, -0.1) is 10.2 Å². The Morgan fingerprint density at radius 3 is 0.810 bits per heavy atom. The van der Waals surface area contributed by atoms with Gasteiger partial charge in [0.15, 0.2) is 5.76 Å². The fourth-order valence-corrected chi connectivity index (χ4v) is 6.76. The molecule has 8 aromatic carbocycles. The van der Waals surface area contributed by atoms with E-state index in [1.807, 2.05) is 84.9 Å². The van der Waals surface area contributed by atoms with Crippen LogP contribution in [0.2, 0.25) is 0 Å². The minimum Gasteiger partial charge on any atom is -0.436 e. The minimum atomic E-state index is 0.520. The normalized spacial score (nSPS) is 10.8. The minimum absolute atomic E-state index is 0.520. The molecule has 0 unspecified atom stereocenters. The van der Waals surface area contributed by atoms with Gasteiger partial charge in [0.2, 0.25) is 17.7 Å². The van der Waals surface area contributed by atoms with Crippen LogP contribution in [0.25, 0.3) is 90.2 Å². The Morgan fingerprint density at radius 2 is 0.483 bits per heavy atom. The standard InChI is InChI=1S/C27H19NO.C26H18N2O/c1-3-7-20(8-4-1)22-11-15-24(16-12-22)26-19-28-27(29-26)25-17-13-23(14-18-25)21-9-5-2-6-10-21;1-3-7-19(8-4-1)21-11-15-23(16-12-21)25-27-28-26(29-25)24-17-13-22(14-18-24)20-9-5-2-6-10-20/h1-19H;1-18H. The summed E-state index contributed by atoms with van der Waals surface area (Å²) >= 11 is 0. The molecule has 0 amide bonds. The van der Waals surface area contributed by atoms with Crippen molar-refractivity contribution in [3.8, 4) is 90.2 Å². The topological polar surface area (TPSA) is 65.0 Å². The number of rotatable bonds is 8. The van der Waals surface area contributed by atoms with Crippen molar-refractivity contribution in [3.63, 3.8) is 0 Å². The SMILES string of the molecule is c1ccc(-c2ccc(-c3cnc(-c4ccc(-c5ccccc5)cc4)o3)cc2)cc1.c1ccc(-c2ccc(-c3nnc(-c4ccc(-c5ccccc5)cc4)o3)cc2)cc1. The third kappa shape index (κ3) is 8.20. The van der Waals surface area contributed by atoms with Crippen molar-refractivity contribution < 1.29 is 8.83 Å². The molecule has 2 heterocycles. The van der Waals surface area contributed by atoms with Crippen LogP contribution in [0.5, 0.6) is 0 Å². The van der Waals surface area contributed by atoms with Gasteiger partial charge in [0.05, 0.1) is 6.20 Å². The molecule has 5 heteroatoms. The summed E-state index contributed by atoms with van der Waals surface area (Å²) < 4.78 is 12.0. The first kappa shape index (κ1) is 35.8. The zero-order valence-corrected chi connectivity index (χ0v) is 31.5. The Morgan fingerprint density at radius 1 is 0.224 bits per heavy atom. The van der Waals surface area contributed by atoms with Gasteiger partial charge in [-0.25, -0.2) is 4.98 Å². The molecule has 276 valence electrons. The molecule has 0 saturated carbocycles. The van der Waals surface area contributed by atoms with E-state index in [9.17, 15) is 0 Å². The number of benzene rings is 8. The van der Waals surface area contributed by atoms with Crippen LogP contribution in [-0.2, 0) is 0 Å². The van der Waals surface area contributed by atoms with Crippen LogP contribution in [0, 0.1) is 0 Å². The van der Waals surface area contributed by atoms with Crippen molar-refractivity contribution in [2.24, 2.45) is 0 Å². The summed E-state index contributed by atoms with van der Waals surface area (Å²) in [7, 11) is 0. The van der Waals surface area contributed by atoms with Crippen molar-refractivity contribution in [1.29, 1.82) is 0 Å². The smallest absolute Gasteiger partial charge is 0.248 e. The average Bonchev–Trinajstić information content (AvgIpc) is 4.03. The van der Waals surface area contributed by atoms with Crippen molar-refractivity contribution in [2.75, 3.05) is 0 Å². The molecular formula is C53H37N3O2. The molecule has 0 aliphatic heterocycles.